The quantitative estimate of drug-likeness (QED) is 0.137. The maximum absolute atomic E-state index is 8.25. The topological polar surface area (TPSA) is 145 Å². The summed E-state index contributed by atoms with van der Waals surface area (Å²) in [4.78, 5) is 8.25. The van der Waals surface area contributed by atoms with Crippen LogP contribution in [0.5, 0.6) is 0 Å². The average Bonchev–Trinajstić information content (AvgIpc) is 2.34. The fourth-order valence-electron chi connectivity index (χ4n) is 0.554. The van der Waals surface area contributed by atoms with Gasteiger partial charge in [-0.1, -0.05) is 0 Å². The molecule has 0 amide bonds. The summed E-state index contributed by atoms with van der Waals surface area (Å²) >= 11 is 0. The van der Waals surface area contributed by atoms with E-state index < -0.39 is 5.09 Å². The molecule has 0 unspecified atom stereocenters. The minimum atomic E-state index is -1.75. The van der Waals surface area contributed by atoms with Crippen LogP contribution in [0.3, 0.4) is 0 Å². The molecule has 78 valence electrons. The monoisotopic (exact) mass is 201 g/mol. The molecule has 0 bridgehead atoms. The lowest BCUT2D eigenvalue weighted by Gasteiger charge is -1.74. The van der Waals surface area contributed by atoms with Crippen LogP contribution in [-0.2, 0) is 0 Å². The van der Waals surface area contributed by atoms with Gasteiger partial charge in [0.05, 0.1) is 10.8 Å². The first kappa shape index (κ1) is 14.3. The molecular weight excluding hydrogens is 190 g/mol. The van der Waals surface area contributed by atoms with Crippen LogP contribution in [0, 0.1) is 34.6 Å². The number of aryl methyl sites for hydroxylation is 2. The van der Waals surface area contributed by atoms with Crippen LogP contribution in [0.2, 0.25) is 0 Å². The van der Waals surface area contributed by atoms with Gasteiger partial charge in [0.15, 0.2) is 0 Å². The predicted molar refractivity (Wildman–Crippen MR) is 50.3 cm³/mol. The van der Waals surface area contributed by atoms with Crippen LogP contribution in [0.15, 0.2) is 6.07 Å². The van der Waals surface area contributed by atoms with Crippen molar-refractivity contribution in [2.45, 2.75) is 13.8 Å². The van der Waals surface area contributed by atoms with E-state index in [1.165, 1.54) is 6.34 Å². The van der Waals surface area contributed by atoms with Crippen molar-refractivity contribution in [3.8, 4) is 0 Å². The van der Waals surface area contributed by atoms with E-state index >= 15 is 0 Å². The van der Waals surface area contributed by atoms with Crippen LogP contribution in [0.4, 0.5) is 0 Å². The zero-order chi connectivity index (χ0) is 11.6. The molecule has 0 aliphatic heterocycles. The molecule has 0 saturated heterocycles. The molecule has 0 spiro atoms. The van der Waals surface area contributed by atoms with Gasteiger partial charge < -0.3 is 15.3 Å². The Morgan fingerprint density at radius 1 is 1.64 bits per heavy atom. The third-order valence-electron chi connectivity index (χ3n) is 0.834. The van der Waals surface area contributed by atoms with Crippen molar-refractivity contribution in [1.29, 1.82) is 5.41 Å². The van der Waals surface area contributed by atoms with E-state index in [1.807, 2.05) is 19.9 Å². The lowest BCUT2D eigenvalue weighted by atomic mass is 10.4. The van der Waals surface area contributed by atoms with Crippen molar-refractivity contribution in [2.75, 3.05) is 0 Å². The van der Waals surface area contributed by atoms with Crippen molar-refractivity contribution in [3.63, 3.8) is 0 Å². The lowest BCUT2D eigenvalue weighted by Crippen LogP contribution is -1.81. The first-order valence-corrected chi connectivity index (χ1v) is 3.36. The van der Waals surface area contributed by atoms with E-state index in [4.69, 9.17) is 20.7 Å². The molecule has 4 N–H and O–H groups in total. The van der Waals surface area contributed by atoms with Gasteiger partial charge >= 0.3 is 6.34 Å². The molecule has 0 aliphatic carbocycles. The molecule has 0 radical (unpaired) electrons. The molecule has 14 heavy (non-hydrogen) atoms. The fourth-order valence-corrected chi connectivity index (χ4v) is 0.554. The van der Waals surface area contributed by atoms with Gasteiger partial charge in [0.1, 0.15) is 0 Å². The molecule has 0 atom stereocenters. The molecule has 1 aromatic heterocycles. The summed E-state index contributed by atoms with van der Waals surface area (Å²) in [6.45, 7) is 3.95. The molecule has 1 aromatic rings. The normalized spacial score (nSPS) is 7.00. The molecule has 8 nitrogen and oxygen atoms in total. The Kier molecular flexibility index (Phi) is 9.09. The third kappa shape index (κ3) is 16.4. The highest BCUT2D eigenvalue weighted by molar-refractivity contribution is 5.46. The van der Waals surface area contributed by atoms with Crippen molar-refractivity contribution in [3.05, 3.63) is 32.8 Å². The van der Waals surface area contributed by atoms with Gasteiger partial charge in [0, 0.05) is 5.69 Å². The smallest absolute Gasteiger partial charge is 0.356 e. The van der Waals surface area contributed by atoms with Crippen LogP contribution < -0.4 is 5.73 Å². The Bertz CT molecular complexity index is 252. The first-order valence-electron chi connectivity index (χ1n) is 3.36. The Morgan fingerprint density at radius 2 is 2.00 bits per heavy atom. The molecule has 1 rings (SSSR count). The number of nitrogens with one attached hydrogen (secondary N) is 2. The largest absolute Gasteiger partial charge is 0.508 e. The molecular formula is C6H11N5O3. The zero-order valence-corrected chi connectivity index (χ0v) is 7.77. The van der Waals surface area contributed by atoms with Gasteiger partial charge in [0.2, 0.25) is 0 Å². The van der Waals surface area contributed by atoms with Gasteiger partial charge in [-0.05, 0) is 25.3 Å². The number of nitrogens with two attached hydrogens (primary N) is 1. The summed E-state index contributed by atoms with van der Waals surface area (Å²) in [5.74, 6) is 0. The number of aromatic amines is 1. The van der Waals surface area contributed by atoms with E-state index in [9.17, 15) is 0 Å². The lowest BCUT2D eigenvalue weighted by molar-refractivity contribution is -0.402. The summed E-state index contributed by atoms with van der Waals surface area (Å²) in [5.41, 5.74) is 6.44. The number of hydrogen-bond donors (Lipinski definition) is 3. The van der Waals surface area contributed by atoms with Crippen molar-refractivity contribution in [1.82, 2.24) is 10.2 Å². The van der Waals surface area contributed by atoms with E-state index in [0.29, 0.717) is 0 Å². The Labute approximate surface area is 80.4 Å². The summed E-state index contributed by atoms with van der Waals surface area (Å²) in [6.07, 6.45) is 1.50. The summed E-state index contributed by atoms with van der Waals surface area (Å²) < 4.78 is 0. The fraction of sp³-hybridized carbons (Fsp3) is 0.333. The van der Waals surface area contributed by atoms with Gasteiger partial charge in [-0.2, -0.15) is 10.8 Å². The summed E-state index contributed by atoms with van der Waals surface area (Å²) in [5, 5.41) is 27.2. The van der Waals surface area contributed by atoms with E-state index in [-0.39, 0.29) is 0 Å². The van der Waals surface area contributed by atoms with Gasteiger partial charge in [0.25, 0.3) is 0 Å². The number of H-pyrrole nitrogens is 1. The summed E-state index contributed by atoms with van der Waals surface area (Å²) in [6, 6.07) is 2.00. The number of hydrogen-bond acceptors (Lipinski definition) is 5. The summed E-state index contributed by atoms with van der Waals surface area (Å²) in [7, 11) is 0. The molecule has 0 aromatic carbocycles. The SMILES string of the molecule is Cc1cc(C)[nH]n1.N=[C+]N.O=[N+]([O-])[O-]. The Balaban J connectivity index is 0. The van der Waals surface area contributed by atoms with Gasteiger partial charge in [-0.15, -0.1) is 0 Å². The number of aromatic nitrogens is 2. The van der Waals surface area contributed by atoms with Crippen molar-refractivity contribution < 1.29 is 5.09 Å². The Hall–Kier alpha value is -2.21. The highest BCUT2D eigenvalue weighted by Crippen LogP contribution is 1.92. The number of rotatable bonds is 0. The molecule has 0 fully saturated rings. The highest BCUT2D eigenvalue weighted by atomic mass is 16.9. The maximum atomic E-state index is 8.25. The van der Waals surface area contributed by atoms with Crippen LogP contribution >= 0.6 is 0 Å². The van der Waals surface area contributed by atoms with Crippen molar-refractivity contribution >= 4 is 6.34 Å². The van der Waals surface area contributed by atoms with E-state index in [1.54, 1.807) is 0 Å². The Morgan fingerprint density at radius 3 is 2.07 bits per heavy atom. The van der Waals surface area contributed by atoms with Crippen molar-refractivity contribution in [2.24, 2.45) is 5.73 Å². The van der Waals surface area contributed by atoms with Crippen LogP contribution in [0.25, 0.3) is 0 Å². The van der Waals surface area contributed by atoms with Crippen LogP contribution in [-0.4, -0.2) is 21.6 Å². The third-order valence-corrected chi connectivity index (χ3v) is 0.834. The molecule has 0 aliphatic rings. The maximum Gasteiger partial charge on any atom is 0.508 e. The predicted octanol–water partition coefficient (Wildman–Crippen LogP) is 0.217. The van der Waals surface area contributed by atoms with E-state index in [2.05, 4.69) is 15.9 Å². The highest BCUT2D eigenvalue weighted by Gasteiger charge is 1.84. The van der Waals surface area contributed by atoms with Gasteiger partial charge in [-0.3, -0.25) is 5.10 Å². The molecule has 0 saturated carbocycles. The van der Waals surface area contributed by atoms with Gasteiger partial charge in [-0.25, -0.2) is 0 Å². The molecule has 1 heterocycles. The minimum Gasteiger partial charge on any atom is -0.356 e. The zero-order valence-electron chi connectivity index (χ0n) is 7.77. The van der Waals surface area contributed by atoms with E-state index in [0.717, 1.165) is 11.4 Å². The minimum absolute atomic E-state index is 1.05. The second kappa shape index (κ2) is 8.88. The second-order valence-corrected chi connectivity index (χ2v) is 2.06. The van der Waals surface area contributed by atoms with Crippen LogP contribution in [0.1, 0.15) is 11.4 Å². The second-order valence-electron chi connectivity index (χ2n) is 2.06. The molecule has 8 heteroatoms. The standard InChI is InChI=1S/C5H8N2.CH3N2.NO3/c1-4-3-5(2)7-6-4;2-1-3;2-1(3)4/h3H,1-2H3,(H,6,7);(H3,2,3);/q;+1;-1. The first-order chi connectivity index (χ1) is 6.43. The average molecular weight is 201 g/mol. The number of nitrogens with zero attached hydrogens (tertiary/aromatic N) is 2.